The average molecular weight is 283 g/mol. The van der Waals surface area contributed by atoms with E-state index in [0.29, 0.717) is 11.8 Å². The van der Waals surface area contributed by atoms with Gasteiger partial charge in [-0.2, -0.15) is 0 Å². The minimum atomic E-state index is -0.362. The second-order valence-electron chi connectivity index (χ2n) is 5.56. The number of nitrogens with zero attached hydrogens (tertiary/aromatic N) is 2. The fraction of sp³-hybridized carbons (Fsp3) is 0.643. The lowest BCUT2D eigenvalue weighted by atomic mass is 9.88. The molecule has 1 aromatic heterocycles. The molecule has 1 unspecified atom stereocenters. The predicted molar refractivity (Wildman–Crippen MR) is 73.4 cm³/mol. The van der Waals surface area contributed by atoms with E-state index in [1.165, 1.54) is 11.1 Å². The lowest BCUT2D eigenvalue weighted by Crippen LogP contribution is -2.38. The summed E-state index contributed by atoms with van der Waals surface area (Å²) < 4.78 is 11.5. The van der Waals surface area contributed by atoms with Crippen LogP contribution in [-0.2, 0) is 28.0 Å². The van der Waals surface area contributed by atoms with E-state index < -0.39 is 0 Å². The van der Waals surface area contributed by atoms with Crippen molar-refractivity contribution in [3.8, 4) is 0 Å². The summed E-state index contributed by atoms with van der Waals surface area (Å²) in [5.74, 6) is 0. The van der Waals surface area contributed by atoms with Crippen LogP contribution in [0.2, 0.25) is 5.15 Å². The standard InChI is InChI=1S/C14H19ClN2O2/c1-17(2)8-10-7-12(15)16-13-11(10)3-5-19-14(13)4-6-18-9-14/h7H,3-6,8-9H2,1-2H3. The number of aromatic nitrogens is 1. The molecule has 4 nitrogen and oxygen atoms in total. The molecule has 1 fully saturated rings. The third kappa shape index (κ3) is 2.38. The zero-order chi connectivity index (χ0) is 13.5. The molecule has 1 atom stereocenters. The van der Waals surface area contributed by atoms with Crippen LogP contribution in [0, 0.1) is 0 Å². The summed E-state index contributed by atoms with van der Waals surface area (Å²) in [4.78, 5) is 6.71. The summed E-state index contributed by atoms with van der Waals surface area (Å²) in [6.07, 6.45) is 1.78. The van der Waals surface area contributed by atoms with Gasteiger partial charge in [-0.1, -0.05) is 11.6 Å². The maximum absolute atomic E-state index is 6.20. The van der Waals surface area contributed by atoms with Gasteiger partial charge in [0.1, 0.15) is 10.8 Å². The summed E-state index contributed by atoms with van der Waals surface area (Å²) in [5, 5.41) is 0.548. The summed E-state index contributed by atoms with van der Waals surface area (Å²) in [6, 6.07) is 1.98. The second-order valence-corrected chi connectivity index (χ2v) is 5.95. The number of pyridine rings is 1. The van der Waals surface area contributed by atoms with Gasteiger partial charge in [-0.25, -0.2) is 4.98 Å². The molecule has 19 heavy (non-hydrogen) atoms. The quantitative estimate of drug-likeness (QED) is 0.777. The first kappa shape index (κ1) is 13.3. The van der Waals surface area contributed by atoms with E-state index in [0.717, 1.165) is 38.3 Å². The number of ether oxygens (including phenoxy) is 2. The summed E-state index contributed by atoms with van der Waals surface area (Å²) in [6.45, 7) is 2.94. The van der Waals surface area contributed by atoms with Gasteiger partial charge >= 0.3 is 0 Å². The Morgan fingerprint density at radius 3 is 2.95 bits per heavy atom. The normalized spacial score (nSPS) is 26.1. The molecule has 104 valence electrons. The molecule has 2 aliphatic heterocycles. The maximum Gasteiger partial charge on any atom is 0.136 e. The van der Waals surface area contributed by atoms with Crippen LogP contribution < -0.4 is 0 Å². The Morgan fingerprint density at radius 2 is 2.26 bits per heavy atom. The molecule has 0 saturated carbocycles. The maximum atomic E-state index is 6.20. The SMILES string of the molecule is CN(C)Cc1cc(Cl)nc2c1CCOC21CCOC1. The third-order valence-corrected chi connectivity index (χ3v) is 4.01. The first-order valence-electron chi connectivity index (χ1n) is 6.66. The van der Waals surface area contributed by atoms with Gasteiger partial charge in [0.2, 0.25) is 0 Å². The first-order chi connectivity index (χ1) is 9.11. The molecule has 0 radical (unpaired) electrons. The molecule has 0 N–H and O–H groups in total. The number of fused-ring (bicyclic) bond motifs is 2. The largest absolute Gasteiger partial charge is 0.378 e. The molecule has 2 aliphatic rings. The van der Waals surface area contributed by atoms with E-state index in [4.69, 9.17) is 21.1 Å². The van der Waals surface area contributed by atoms with Crippen LogP contribution in [0.25, 0.3) is 0 Å². The van der Waals surface area contributed by atoms with Crippen molar-refractivity contribution in [1.82, 2.24) is 9.88 Å². The third-order valence-electron chi connectivity index (χ3n) is 3.82. The lowest BCUT2D eigenvalue weighted by Gasteiger charge is -2.35. The lowest BCUT2D eigenvalue weighted by molar-refractivity contribution is -0.0667. The van der Waals surface area contributed by atoms with Gasteiger partial charge < -0.3 is 14.4 Å². The van der Waals surface area contributed by atoms with Crippen molar-refractivity contribution in [2.75, 3.05) is 33.9 Å². The average Bonchev–Trinajstić information content (AvgIpc) is 2.79. The van der Waals surface area contributed by atoms with E-state index in [-0.39, 0.29) is 5.60 Å². The van der Waals surface area contributed by atoms with Crippen molar-refractivity contribution in [2.45, 2.75) is 25.0 Å². The van der Waals surface area contributed by atoms with Crippen LogP contribution in [0.5, 0.6) is 0 Å². The van der Waals surface area contributed by atoms with Crippen molar-refractivity contribution < 1.29 is 9.47 Å². The zero-order valence-electron chi connectivity index (χ0n) is 11.4. The summed E-state index contributed by atoms with van der Waals surface area (Å²) >= 11 is 6.20. The van der Waals surface area contributed by atoms with Crippen LogP contribution in [0.1, 0.15) is 23.2 Å². The Bertz CT molecular complexity index is 485. The van der Waals surface area contributed by atoms with Crippen LogP contribution >= 0.6 is 11.6 Å². The van der Waals surface area contributed by atoms with E-state index in [1.54, 1.807) is 0 Å². The van der Waals surface area contributed by atoms with Gasteiger partial charge in [-0.15, -0.1) is 0 Å². The molecule has 5 heteroatoms. The van der Waals surface area contributed by atoms with Crippen molar-refractivity contribution in [3.63, 3.8) is 0 Å². The molecular formula is C14H19ClN2O2. The Hall–Kier alpha value is -0.680. The minimum Gasteiger partial charge on any atom is -0.378 e. The molecule has 0 aromatic carbocycles. The first-order valence-corrected chi connectivity index (χ1v) is 7.04. The molecule has 1 spiro atoms. The molecule has 1 aromatic rings. The van der Waals surface area contributed by atoms with E-state index in [1.807, 2.05) is 6.07 Å². The monoisotopic (exact) mass is 282 g/mol. The van der Waals surface area contributed by atoms with Gasteiger partial charge in [-0.3, -0.25) is 0 Å². The fourth-order valence-corrected chi connectivity index (χ4v) is 3.21. The number of hydrogen-bond donors (Lipinski definition) is 0. The van der Waals surface area contributed by atoms with Crippen molar-refractivity contribution in [3.05, 3.63) is 28.0 Å². The Labute approximate surface area is 118 Å². The molecule has 0 bridgehead atoms. The van der Waals surface area contributed by atoms with Gasteiger partial charge in [0.05, 0.1) is 18.9 Å². The fourth-order valence-electron chi connectivity index (χ4n) is 2.99. The van der Waals surface area contributed by atoms with Gasteiger partial charge in [0.15, 0.2) is 0 Å². The Kier molecular flexibility index (Phi) is 3.52. The van der Waals surface area contributed by atoms with Crippen LogP contribution in [-0.4, -0.2) is 43.8 Å². The highest BCUT2D eigenvalue weighted by molar-refractivity contribution is 6.29. The molecule has 3 heterocycles. The molecule has 1 saturated heterocycles. The van der Waals surface area contributed by atoms with Crippen molar-refractivity contribution in [1.29, 1.82) is 0 Å². The summed E-state index contributed by atoms with van der Waals surface area (Å²) in [5.41, 5.74) is 3.20. The van der Waals surface area contributed by atoms with Crippen LogP contribution in [0.4, 0.5) is 0 Å². The number of halogens is 1. The topological polar surface area (TPSA) is 34.6 Å². The number of hydrogen-bond acceptors (Lipinski definition) is 4. The highest BCUT2D eigenvalue weighted by atomic mass is 35.5. The van der Waals surface area contributed by atoms with E-state index in [9.17, 15) is 0 Å². The number of rotatable bonds is 2. The van der Waals surface area contributed by atoms with Crippen LogP contribution in [0.3, 0.4) is 0 Å². The molecule has 0 amide bonds. The Morgan fingerprint density at radius 1 is 1.42 bits per heavy atom. The van der Waals surface area contributed by atoms with Gasteiger partial charge in [-0.05, 0) is 37.7 Å². The summed E-state index contributed by atoms with van der Waals surface area (Å²) in [7, 11) is 4.13. The molecule has 0 aliphatic carbocycles. The smallest absolute Gasteiger partial charge is 0.136 e. The van der Waals surface area contributed by atoms with Crippen molar-refractivity contribution >= 4 is 11.6 Å². The molecular weight excluding hydrogens is 264 g/mol. The highest BCUT2D eigenvalue weighted by Crippen LogP contribution is 2.40. The van der Waals surface area contributed by atoms with Crippen molar-refractivity contribution in [2.24, 2.45) is 0 Å². The Balaban J connectivity index is 2.08. The van der Waals surface area contributed by atoms with E-state index in [2.05, 4.69) is 24.0 Å². The van der Waals surface area contributed by atoms with Gasteiger partial charge in [0, 0.05) is 19.6 Å². The second kappa shape index (κ2) is 5.02. The molecule has 3 rings (SSSR count). The van der Waals surface area contributed by atoms with Gasteiger partial charge in [0.25, 0.3) is 0 Å². The zero-order valence-corrected chi connectivity index (χ0v) is 12.2. The van der Waals surface area contributed by atoms with Crippen LogP contribution in [0.15, 0.2) is 6.07 Å². The highest BCUT2D eigenvalue weighted by Gasteiger charge is 2.43. The van der Waals surface area contributed by atoms with E-state index >= 15 is 0 Å². The minimum absolute atomic E-state index is 0.362. The predicted octanol–water partition coefficient (Wildman–Crippen LogP) is 1.98.